The van der Waals surface area contributed by atoms with Gasteiger partial charge in [0.05, 0.1) is 32.7 Å². The van der Waals surface area contributed by atoms with Gasteiger partial charge in [-0.2, -0.15) is 0 Å². The number of rotatable bonds is 4. The molecule has 3 aromatic carbocycles. The number of carbonyl (C=O) groups excluding carboxylic acids is 1. The van der Waals surface area contributed by atoms with E-state index in [1.54, 1.807) is 17.0 Å². The van der Waals surface area contributed by atoms with Crippen LogP contribution in [0.5, 0.6) is 17.2 Å². The summed E-state index contributed by atoms with van der Waals surface area (Å²) in [5.41, 5.74) is 3.99. The number of hydrogen-bond acceptors (Lipinski definition) is 4. The number of fused-ring (bicyclic) bond motifs is 2. The summed E-state index contributed by atoms with van der Waals surface area (Å²) in [5, 5.41) is 0.639. The first-order valence-electron chi connectivity index (χ1n) is 9.08. The predicted molar refractivity (Wildman–Crippen MR) is 113 cm³/mol. The Hall–Kier alpha value is -3.18. The molecule has 0 bridgehead atoms. The van der Waals surface area contributed by atoms with Crippen molar-refractivity contribution >= 4 is 28.9 Å². The zero-order valence-electron chi connectivity index (χ0n) is 16.4. The molecule has 1 heterocycles. The summed E-state index contributed by atoms with van der Waals surface area (Å²) in [7, 11) is 4.58. The Balaban J connectivity index is 1.90. The smallest absolute Gasteiger partial charge is 0.263 e. The SMILES string of the molecule is COc1cc(C(=O)N2c3ccccc3Cc3c(Cl)cccc32)cc(OC)c1OC. The van der Waals surface area contributed by atoms with Crippen molar-refractivity contribution < 1.29 is 19.0 Å². The van der Waals surface area contributed by atoms with Gasteiger partial charge in [0.25, 0.3) is 5.91 Å². The van der Waals surface area contributed by atoms with E-state index in [9.17, 15) is 4.79 Å². The van der Waals surface area contributed by atoms with Gasteiger partial charge < -0.3 is 14.2 Å². The van der Waals surface area contributed by atoms with Crippen molar-refractivity contribution in [2.24, 2.45) is 0 Å². The lowest BCUT2D eigenvalue weighted by molar-refractivity contribution is 0.0997. The zero-order chi connectivity index (χ0) is 20.5. The van der Waals surface area contributed by atoms with E-state index in [1.807, 2.05) is 42.5 Å². The van der Waals surface area contributed by atoms with Crippen LogP contribution in [0, 0.1) is 0 Å². The Kier molecular flexibility index (Phi) is 5.07. The average Bonchev–Trinajstić information content (AvgIpc) is 2.76. The highest BCUT2D eigenvalue weighted by atomic mass is 35.5. The Labute approximate surface area is 174 Å². The molecule has 5 nitrogen and oxygen atoms in total. The number of amides is 1. The first-order chi connectivity index (χ1) is 14.1. The molecule has 1 amide bonds. The summed E-state index contributed by atoms with van der Waals surface area (Å²) in [5.74, 6) is 1.08. The molecule has 29 heavy (non-hydrogen) atoms. The number of halogens is 1. The van der Waals surface area contributed by atoms with Crippen LogP contribution in [-0.4, -0.2) is 27.2 Å². The molecule has 0 fully saturated rings. The van der Waals surface area contributed by atoms with Crippen LogP contribution >= 0.6 is 11.6 Å². The maximum atomic E-state index is 13.7. The van der Waals surface area contributed by atoms with Crippen molar-refractivity contribution in [3.05, 3.63) is 76.3 Å². The van der Waals surface area contributed by atoms with Crippen LogP contribution in [0.25, 0.3) is 0 Å². The van der Waals surface area contributed by atoms with Gasteiger partial charge >= 0.3 is 0 Å². The van der Waals surface area contributed by atoms with Gasteiger partial charge in [-0.15, -0.1) is 0 Å². The first kappa shape index (κ1) is 19.2. The topological polar surface area (TPSA) is 48.0 Å². The molecule has 4 rings (SSSR count). The minimum Gasteiger partial charge on any atom is -0.493 e. The standard InChI is InChI=1S/C23H20ClNO4/c1-27-20-12-15(13-21(28-2)22(20)29-3)23(26)25-18-9-5-4-7-14(18)11-16-17(24)8-6-10-19(16)25/h4-10,12-13H,11H2,1-3H3. The molecule has 0 aliphatic carbocycles. The van der Waals surface area contributed by atoms with Crippen molar-refractivity contribution in [2.45, 2.75) is 6.42 Å². The third-order valence-electron chi connectivity index (χ3n) is 5.05. The van der Waals surface area contributed by atoms with Crippen molar-refractivity contribution in [3.8, 4) is 17.2 Å². The number of nitrogens with zero attached hydrogens (tertiary/aromatic N) is 1. The number of anilines is 2. The maximum absolute atomic E-state index is 13.7. The van der Waals surface area contributed by atoms with Crippen LogP contribution in [0.15, 0.2) is 54.6 Å². The molecular formula is C23H20ClNO4. The summed E-state index contributed by atoms with van der Waals surface area (Å²) >= 11 is 6.47. The fourth-order valence-corrected chi connectivity index (χ4v) is 3.92. The Morgan fingerprint density at radius 2 is 1.55 bits per heavy atom. The number of benzene rings is 3. The van der Waals surface area contributed by atoms with Gasteiger partial charge in [-0.05, 0) is 41.5 Å². The number of hydrogen-bond donors (Lipinski definition) is 0. The molecule has 0 spiro atoms. The van der Waals surface area contributed by atoms with Crippen LogP contribution in [0.4, 0.5) is 11.4 Å². The Bertz CT molecular complexity index is 1070. The summed E-state index contributed by atoms with van der Waals surface area (Å²) in [6.45, 7) is 0. The summed E-state index contributed by atoms with van der Waals surface area (Å²) in [6, 6.07) is 16.8. The van der Waals surface area contributed by atoms with Gasteiger partial charge in [0.2, 0.25) is 5.75 Å². The second-order valence-electron chi connectivity index (χ2n) is 6.60. The molecule has 1 aliphatic heterocycles. The van der Waals surface area contributed by atoms with E-state index in [4.69, 9.17) is 25.8 Å². The van der Waals surface area contributed by atoms with E-state index in [0.717, 1.165) is 22.5 Å². The van der Waals surface area contributed by atoms with Crippen LogP contribution in [-0.2, 0) is 6.42 Å². The first-order valence-corrected chi connectivity index (χ1v) is 9.46. The Morgan fingerprint density at radius 3 is 2.21 bits per heavy atom. The fraction of sp³-hybridized carbons (Fsp3) is 0.174. The molecule has 0 saturated carbocycles. The number of methoxy groups -OCH3 is 3. The fourth-order valence-electron chi connectivity index (χ4n) is 3.68. The van der Waals surface area contributed by atoms with Gasteiger partial charge in [0.15, 0.2) is 11.5 Å². The minimum atomic E-state index is -0.208. The van der Waals surface area contributed by atoms with Gasteiger partial charge in [0.1, 0.15) is 0 Å². The predicted octanol–water partition coefficient (Wildman–Crippen LogP) is 5.25. The van der Waals surface area contributed by atoms with Gasteiger partial charge in [0, 0.05) is 17.0 Å². The third-order valence-corrected chi connectivity index (χ3v) is 5.40. The molecule has 0 aromatic heterocycles. The largest absolute Gasteiger partial charge is 0.493 e. The van der Waals surface area contributed by atoms with Crippen molar-refractivity contribution in [1.82, 2.24) is 0 Å². The molecule has 0 saturated heterocycles. The van der Waals surface area contributed by atoms with Crippen LogP contribution in [0.3, 0.4) is 0 Å². The quantitative estimate of drug-likeness (QED) is 0.590. The molecule has 0 atom stereocenters. The van der Waals surface area contributed by atoms with E-state index >= 15 is 0 Å². The third kappa shape index (κ3) is 3.17. The molecule has 0 unspecified atom stereocenters. The summed E-state index contributed by atoms with van der Waals surface area (Å²) < 4.78 is 16.2. The molecule has 1 aliphatic rings. The normalized spacial score (nSPS) is 12.1. The molecule has 3 aromatic rings. The number of ether oxygens (including phenoxy) is 3. The lowest BCUT2D eigenvalue weighted by Crippen LogP contribution is -2.30. The number of carbonyl (C=O) groups is 1. The second kappa shape index (κ2) is 7.68. The Morgan fingerprint density at radius 1 is 0.897 bits per heavy atom. The van der Waals surface area contributed by atoms with E-state index in [-0.39, 0.29) is 5.91 Å². The van der Waals surface area contributed by atoms with E-state index in [0.29, 0.717) is 34.3 Å². The lowest BCUT2D eigenvalue weighted by atomic mass is 9.94. The van der Waals surface area contributed by atoms with Crippen LogP contribution < -0.4 is 19.1 Å². The van der Waals surface area contributed by atoms with E-state index in [1.165, 1.54) is 21.3 Å². The lowest BCUT2D eigenvalue weighted by Gasteiger charge is -2.32. The highest BCUT2D eigenvalue weighted by Crippen LogP contribution is 2.44. The van der Waals surface area contributed by atoms with Crippen molar-refractivity contribution in [2.75, 3.05) is 26.2 Å². The van der Waals surface area contributed by atoms with E-state index in [2.05, 4.69) is 0 Å². The average molecular weight is 410 g/mol. The van der Waals surface area contributed by atoms with Crippen molar-refractivity contribution in [1.29, 1.82) is 0 Å². The summed E-state index contributed by atoms with van der Waals surface area (Å²) in [6.07, 6.45) is 0.671. The highest BCUT2D eigenvalue weighted by molar-refractivity contribution is 6.32. The molecular weight excluding hydrogens is 390 g/mol. The minimum absolute atomic E-state index is 0.208. The summed E-state index contributed by atoms with van der Waals surface area (Å²) in [4.78, 5) is 15.4. The van der Waals surface area contributed by atoms with Crippen LogP contribution in [0.1, 0.15) is 21.5 Å². The van der Waals surface area contributed by atoms with Gasteiger partial charge in [-0.25, -0.2) is 0 Å². The van der Waals surface area contributed by atoms with Gasteiger partial charge in [-0.3, -0.25) is 9.69 Å². The molecule has 0 radical (unpaired) electrons. The van der Waals surface area contributed by atoms with Crippen molar-refractivity contribution in [3.63, 3.8) is 0 Å². The maximum Gasteiger partial charge on any atom is 0.263 e. The zero-order valence-corrected chi connectivity index (χ0v) is 17.1. The second-order valence-corrected chi connectivity index (χ2v) is 7.00. The highest BCUT2D eigenvalue weighted by Gasteiger charge is 2.30. The van der Waals surface area contributed by atoms with E-state index < -0.39 is 0 Å². The molecule has 6 heteroatoms. The van der Waals surface area contributed by atoms with Crippen LogP contribution in [0.2, 0.25) is 5.02 Å². The number of para-hydroxylation sites is 1. The molecule has 148 valence electrons. The molecule has 0 N–H and O–H groups in total. The monoisotopic (exact) mass is 409 g/mol. The van der Waals surface area contributed by atoms with Gasteiger partial charge in [-0.1, -0.05) is 35.9 Å².